The maximum absolute atomic E-state index is 13.2. The summed E-state index contributed by atoms with van der Waals surface area (Å²) in [6, 6.07) is -1.08. The number of anilines is 1. The van der Waals surface area contributed by atoms with Crippen LogP contribution >= 0.6 is 11.3 Å². The normalized spacial score (nSPS) is 16.0. The van der Waals surface area contributed by atoms with Crippen LogP contribution in [0.2, 0.25) is 0 Å². The van der Waals surface area contributed by atoms with Crippen molar-refractivity contribution in [3.05, 3.63) is 34.2 Å². The molecule has 0 aliphatic heterocycles. The van der Waals surface area contributed by atoms with Crippen molar-refractivity contribution >= 4 is 33.0 Å². The molecule has 12 heteroatoms. The van der Waals surface area contributed by atoms with Crippen LogP contribution in [0.25, 0.3) is 0 Å². The number of urea groups is 1. The third-order valence-corrected chi connectivity index (χ3v) is 6.57. The van der Waals surface area contributed by atoms with Crippen LogP contribution in [0.15, 0.2) is 20.3 Å². The second-order valence-electron chi connectivity index (χ2n) is 5.65. The van der Waals surface area contributed by atoms with Gasteiger partial charge < -0.3 is 5.32 Å². The number of aryl methyl sites for hydroxylation is 1. The number of nitrogens with two attached hydrogens (primary N) is 1. The number of aromatic nitrogens is 2. The van der Waals surface area contributed by atoms with Gasteiger partial charge in [0, 0.05) is 11.3 Å². The smallest absolute Gasteiger partial charge is 0.305 e. The van der Waals surface area contributed by atoms with Gasteiger partial charge in [0.05, 0.1) is 17.4 Å². The lowest BCUT2D eigenvalue weighted by atomic mass is 10.1. The molecule has 2 amide bonds. The number of rotatable bonds is 2. The lowest BCUT2D eigenvalue weighted by molar-refractivity contribution is -0.141. The van der Waals surface area contributed by atoms with Crippen LogP contribution in [0.4, 0.5) is 23.7 Å². The van der Waals surface area contributed by atoms with Gasteiger partial charge in [-0.05, 0) is 31.7 Å². The number of hydrogen-bond acceptors (Lipinski definition) is 5. The first-order chi connectivity index (χ1) is 12.1. The number of nitrogens with one attached hydrogen (secondary N) is 1. The largest absolute Gasteiger partial charge is 0.433 e. The van der Waals surface area contributed by atoms with E-state index in [-0.39, 0.29) is 15.5 Å². The highest BCUT2D eigenvalue weighted by Crippen LogP contribution is 2.38. The number of carbonyl (C=O) groups excluding carboxylic acids is 1. The number of thiazole rings is 1. The Bertz CT molecular complexity index is 979. The van der Waals surface area contributed by atoms with Gasteiger partial charge in [-0.1, -0.05) is 0 Å². The molecule has 0 fully saturated rings. The van der Waals surface area contributed by atoms with Crippen LogP contribution < -0.4 is 10.5 Å². The minimum atomic E-state index is -4.65. The Kier molecular flexibility index (Phi) is 4.75. The van der Waals surface area contributed by atoms with E-state index in [9.17, 15) is 22.2 Å². The van der Waals surface area contributed by atoms with Crippen molar-refractivity contribution in [3.63, 3.8) is 0 Å². The molecule has 3 rings (SSSR count). The molecule has 1 atom stereocenters. The quantitative estimate of drug-likeness (QED) is 0.799. The molecule has 2 heterocycles. The second kappa shape index (κ2) is 6.59. The van der Waals surface area contributed by atoms with Gasteiger partial charge in [-0.15, -0.1) is 15.7 Å². The van der Waals surface area contributed by atoms with Crippen LogP contribution in [-0.4, -0.2) is 20.2 Å². The number of halogens is 3. The number of fused-ring (bicyclic) bond motifs is 1. The Morgan fingerprint density at radius 3 is 2.77 bits per heavy atom. The average molecular weight is 405 g/mol. The maximum atomic E-state index is 13.2. The molecule has 1 aliphatic carbocycles. The first kappa shape index (κ1) is 18.7. The van der Waals surface area contributed by atoms with Crippen molar-refractivity contribution in [3.8, 4) is 0 Å². The average Bonchev–Trinajstić information content (AvgIpc) is 3.18. The van der Waals surface area contributed by atoms with Crippen molar-refractivity contribution in [2.75, 3.05) is 5.32 Å². The molecule has 2 aromatic heterocycles. The topological polar surface area (TPSA) is 110 Å². The van der Waals surface area contributed by atoms with Crippen LogP contribution in [0.1, 0.15) is 28.9 Å². The first-order valence-electron chi connectivity index (χ1n) is 7.43. The fraction of sp³-hybridized carbons (Fsp3) is 0.357. The Balaban J connectivity index is 2.02. The van der Waals surface area contributed by atoms with E-state index >= 15 is 0 Å². The summed E-state index contributed by atoms with van der Waals surface area (Å²) in [5.74, 6) is 0. The highest BCUT2D eigenvalue weighted by Gasteiger charge is 2.37. The van der Waals surface area contributed by atoms with E-state index in [1.54, 1.807) is 0 Å². The summed E-state index contributed by atoms with van der Waals surface area (Å²) in [4.78, 5) is 19.6. The van der Waals surface area contributed by atoms with Gasteiger partial charge in [-0.25, -0.2) is 19.1 Å². The van der Waals surface area contributed by atoms with E-state index in [0.717, 1.165) is 11.3 Å². The molecule has 1 unspecified atom stereocenters. The molecule has 7 nitrogen and oxygen atoms in total. The minimum Gasteiger partial charge on any atom is -0.305 e. The molecule has 0 bridgehead atoms. The highest BCUT2D eigenvalue weighted by atomic mass is 32.2. The fourth-order valence-corrected chi connectivity index (χ4v) is 4.51. The van der Waals surface area contributed by atoms with Gasteiger partial charge in [0.2, 0.25) is 0 Å². The van der Waals surface area contributed by atoms with Crippen LogP contribution in [-0.2, 0) is 28.9 Å². The van der Waals surface area contributed by atoms with Crippen molar-refractivity contribution in [1.29, 1.82) is 0 Å². The van der Waals surface area contributed by atoms with Crippen LogP contribution in [0.5, 0.6) is 0 Å². The highest BCUT2D eigenvalue weighted by molar-refractivity contribution is 7.93. The summed E-state index contributed by atoms with van der Waals surface area (Å²) in [7, 11) is -3.52. The summed E-state index contributed by atoms with van der Waals surface area (Å²) >= 11 is 0.963. The molecule has 140 valence electrons. The zero-order valence-corrected chi connectivity index (χ0v) is 15.1. The van der Waals surface area contributed by atoms with Crippen molar-refractivity contribution in [2.24, 2.45) is 9.50 Å². The molecule has 0 saturated carbocycles. The fourth-order valence-electron chi connectivity index (χ4n) is 2.78. The predicted molar refractivity (Wildman–Crippen MR) is 90.2 cm³/mol. The number of nitrogens with zero attached hydrogens (tertiary/aromatic N) is 3. The lowest BCUT2D eigenvalue weighted by Crippen LogP contribution is -2.20. The van der Waals surface area contributed by atoms with E-state index < -0.39 is 27.8 Å². The van der Waals surface area contributed by atoms with Crippen molar-refractivity contribution in [2.45, 2.75) is 36.6 Å². The lowest BCUT2D eigenvalue weighted by Gasteiger charge is -2.17. The van der Waals surface area contributed by atoms with Crippen molar-refractivity contribution in [1.82, 2.24) is 9.97 Å². The molecule has 0 aromatic carbocycles. The molecule has 3 N–H and O–H groups in total. The molecular formula is C14H14F3N5O2S2. The molecular weight excluding hydrogens is 391 g/mol. The molecule has 26 heavy (non-hydrogen) atoms. The summed E-state index contributed by atoms with van der Waals surface area (Å²) < 4.78 is 55.5. The number of amides is 2. The summed E-state index contributed by atoms with van der Waals surface area (Å²) in [5, 5.41) is 7.89. The number of hydrogen-bond donors (Lipinski definition) is 2. The van der Waals surface area contributed by atoms with E-state index in [1.165, 1.54) is 18.6 Å². The minimum absolute atomic E-state index is 0.00748. The van der Waals surface area contributed by atoms with Gasteiger partial charge >= 0.3 is 12.2 Å². The van der Waals surface area contributed by atoms with Gasteiger partial charge in [0.25, 0.3) is 0 Å². The number of alkyl halides is 3. The molecule has 0 radical (unpaired) electrons. The van der Waals surface area contributed by atoms with Gasteiger partial charge in [-0.2, -0.15) is 13.2 Å². The van der Waals surface area contributed by atoms with Gasteiger partial charge in [0.1, 0.15) is 9.90 Å². The SMILES string of the molecule is Cc1c(C(F)(F)F)nc2c(c1NC(=O)N=S(N)(=O)c1cncs1)CCC2. The molecule has 0 spiro atoms. The molecule has 0 saturated heterocycles. The Hall–Kier alpha value is -2.05. The number of pyridine rings is 1. The standard InChI is InChI=1S/C14H14F3N5O2S2/c1-7-11(8-3-2-4-9(8)20-12(7)14(15,16)17)21-13(23)22-26(18,24)10-5-19-6-25-10/h5-6H,2-4H2,1H3,(H3,18,20,21,22,23,24). The zero-order chi connectivity index (χ0) is 19.1. The first-order valence-corrected chi connectivity index (χ1v) is 9.89. The third kappa shape index (κ3) is 3.57. The van der Waals surface area contributed by atoms with Crippen LogP contribution in [0.3, 0.4) is 0 Å². The third-order valence-electron chi connectivity index (χ3n) is 3.88. The van der Waals surface area contributed by atoms with E-state index in [2.05, 4.69) is 19.6 Å². The predicted octanol–water partition coefficient (Wildman–Crippen LogP) is 3.29. The van der Waals surface area contributed by atoms with E-state index in [4.69, 9.17) is 5.14 Å². The van der Waals surface area contributed by atoms with Gasteiger partial charge in [-0.3, -0.25) is 4.98 Å². The monoisotopic (exact) mass is 405 g/mol. The van der Waals surface area contributed by atoms with Crippen LogP contribution in [0, 0.1) is 6.92 Å². The summed E-state index contributed by atoms with van der Waals surface area (Å²) in [5.41, 5.74) is 0.972. The van der Waals surface area contributed by atoms with Gasteiger partial charge in [0.15, 0.2) is 9.92 Å². The Morgan fingerprint density at radius 2 is 2.15 bits per heavy atom. The Morgan fingerprint density at radius 1 is 1.42 bits per heavy atom. The second-order valence-corrected chi connectivity index (χ2v) is 8.55. The van der Waals surface area contributed by atoms with E-state index in [1.807, 2.05) is 0 Å². The Labute approximate surface area is 151 Å². The molecule has 2 aromatic rings. The maximum Gasteiger partial charge on any atom is 0.433 e. The summed E-state index contributed by atoms with van der Waals surface area (Å²) in [6.07, 6.45) is -1.90. The number of carbonyl (C=O) groups is 1. The molecule has 1 aliphatic rings. The van der Waals surface area contributed by atoms with Crippen molar-refractivity contribution < 1.29 is 22.2 Å². The summed E-state index contributed by atoms with van der Waals surface area (Å²) in [6.45, 7) is 1.23. The zero-order valence-electron chi connectivity index (χ0n) is 13.5. The van der Waals surface area contributed by atoms with E-state index in [0.29, 0.717) is 30.5 Å².